The Labute approximate surface area is 140 Å². The van der Waals surface area contributed by atoms with Crippen LogP contribution in [0.15, 0.2) is 24.3 Å². The summed E-state index contributed by atoms with van der Waals surface area (Å²) >= 11 is 0. The van der Waals surface area contributed by atoms with Gasteiger partial charge in [0.2, 0.25) is 5.91 Å². The fourth-order valence-corrected chi connectivity index (χ4v) is 4.20. The van der Waals surface area contributed by atoms with E-state index in [4.69, 9.17) is 9.47 Å². The molecule has 2 rings (SSSR count). The van der Waals surface area contributed by atoms with E-state index in [0.717, 1.165) is 0 Å². The van der Waals surface area contributed by atoms with Crippen molar-refractivity contribution in [1.82, 2.24) is 10.9 Å². The van der Waals surface area contributed by atoms with Crippen molar-refractivity contribution in [2.24, 2.45) is 5.92 Å². The highest BCUT2D eigenvalue weighted by molar-refractivity contribution is 7.91. The highest BCUT2D eigenvalue weighted by atomic mass is 32.2. The van der Waals surface area contributed by atoms with Gasteiger partial charge in [-0.1, -0.05) is 0 Å². The average Bonchev–Trinajstić information content (AvgIpc) is 2.90. The summed E-state index contributed by atoms with van der Waals surface area (Å²) in [5, 5.41) is 0. The summed E-state index contributed by atoms with van der Waals surface area (Å²) in [7, 11) is -1.46. The fourth-order valence-electron chi connectivity index (χ4n) is 2.34. The molecule has 1 fully saturated rings. The number of ether oxygens (including phenoxy) is 2. The van der Waals surface area contributed by atoms with Crippen molar-refractivity contribution >= 4 is 21.7 Å². The minimum absolute atomic E-state index is 0.0228. The van der Waals surface area contributed by atoms with Gasteiger partial charge in [0, 0.05) is 6.42 Å². The molecule has 1 atom stereocenters. The Kier molecular flexibility index (Phi) is 6.02. The molecular weight excluding hydrogens is 336 g/mol. The van der Waals surface area contributed by atoms with Gasteiger partial charge in [-0.25, -0.2) is 8.42 Å². The first-order chi connectivity index (χ1) is 11.4. The van der Waals surface area contributed by atoms with Crippen molar-refractivity contribution in [2.45, 2.75) is 12.8 Å². The maximum absolute atomic E-state index is 11.7. The van der Waals surface area contributed by atoms with Crippen molar-refractivity contribution in [2.75, 3.05) is 25.2 Å². The monoisotopic (exact) mass is 356 g/mol. The predicted molar refractivity (Wildman–Crippen MR) is 86.2 cm³/mol. The molecule has 9 heteroatoms. The van der Waals surface area contributed by atoms with Crippen molar-refractivity contribution in [1.29, 1.82) is 0 Å². The van der Waals surface area contributed by atoms with Crippen LogP contribution in [0.5, 0.6) is 11.5 Å². The summed E-state index contributed by atoms with van der Waals surface area (Å²) in [5.41, 5.74) is 4.49. The molecule has 1 aromatic carbocycles. The zero-order chi connectivity index (χ0) is 17.6. The van der Waals surface area contributed by atoms with Gasteiger partial charge in [-0.15, -0.1) is 0 Å². The molecule has 0 aromatic heterocycles. The van der Waals surface area contributed by atoms with Crippen LogP contribution < -0.4 is 20.3 Å². The van der Waals surface area contributed by atoms with E-state index in [1.807, 2.05) is 0 Å². The Bertz CT molecular complexity index is 686. The molecule has 1 aliphatic heterocycles. The van der Waals surface area contributed by atoms with Gasteiger partial charge in [0.1, 0.15) is 11.5 Å². The SMILES string of the molecule is COc1ccc(OCC(=O)NNC(=O)CC2CCS(=O)(=O)C2)cc1. The van der Waals surface area contributed by atoms with E-state index >= 15 is 0 Å². The molecule has 0 radical (unpaired) electrons. The van der Waals surface area contributed by atoms with Crippen LogP contribution in [0.1, 0.15) is 12.8 Å². The molecule has 0 spiro atoms. The van der Waals surface area contributed by atoms with Gasteiger partial charge in [-0.3, -0.25) is 20.4 Å². The van der Waals surface area contributed by atoms with Gasteiger partial charge in [0.15, 0.2) is 16.4 Å². The molecule has 0 bridgehead atoms. The van der Waals surface area contributed by atoms with Crippen molar-refractivity contribution in [3.05, 3.63) is 24.3 Å². The topological polar surface area (TPSA) is 111 Å². The smallest absolute Gasteiger partial charge is 0.276 e. The zero-order valence-electron chi connectivity index (χ0n) is 13.3. The number of carbonyl (C=O) groups excluding carboxylic acids is 2. The fraction of sp³-hybridized carbons (Fsp3) is 0.467. The van der Waals surface area contributed by atoms with Crippen molar-refractivity contribution < 1.29 is 27.5 Å². The van der Waals surface area contributed by atoms with Gasteiger partial charge in [-0.05, 0) is 36.6 Å². The second kappa shape index (κ2) is 8.00. The number of hydrogen-bond acceptors (Lipinski definition) is 6. The van der Waals surface area contributed by atoms with E-state index in [1.165, 1.54) is 0 Å². The minimum atomic E-state index is -3.01. The normalized spacial score (nSPS) is 18.6. The second-order valence-electron chi connectivity index (χ2n) is 5.53. The number of hydrazine groups is 1. The lowest BCUT2D eigenvalue weighted by Crippen LogP contribution is -2.44. The molecule has 2 amide bonds. The van der Waals surface area contributed by atoms with Crippen LogP contribution in [0.4, 0.5) is 0 Å². The number of benzene rings is 1. The van der Waals surface area contributed by atoms with Crippen LogP contribution in [0.25, 0.3) is 0 Å². The quantitative estimate of drug-likeness (QED) is 0.697. The summed E-state index contributed by atoms with van der Waals surface area (Å²) in [6, 6.07) is 6.71. The van der Waals surface area contributed by atoms with Crippen LogP contribution in [0.2, 0.25) is 0 Å². The molecule has 1 heterocycles. The number of methoxy groups -OCH3 is 1. The third kappa shape index (κ3) is 5.73. The van der Waals surface area contributed by atoms with E-state index in [-0.39, 0.29) is 30.5 Å². The largest absolute Gasteiger partial charge is 0.497 e. The molecule has 0 aliphatic carbocycles. The summed E-state index contributed by atoms with van der Waals surface area (Å²) in [6.45, 7) is -0.260. The first kappa shape index (κ1) is 18.1. The third-order valence-electron chi connectivity index (χ3n) is 3.57. The van der Waals surface area contributed by atoms with Crippen LogP contribution in [0, 0.1) is 5.92 Å². The van der Waals surface area contributed by atoms with Crippen molar-refractivity contribution in [3.8, 4) is 11.5 Å². The Balaban J connectivity index is 1.66. The van der Waals surface area contributed by atoms with Crippen molar-refractivity contribution in [3.63, 3.8) is 0 Å². The Hall–Kier alpha value is -2.29. The lowest BCUT2D eigenvalue weighted by Gasteiger charge is -2.11. The molecule has 132 valence electrons. The standard InChI is InChI=1S/C15H20N2O6S/c1-22-12-2-4-13(5-3-12)23-9-15(19)17-16-14(18)8-11-6-7-24(20,21)10-11/h2-5,11H,6-10H2,1H3,(H,16,18)(H,17,19). The summed E-state index contributed by atoms with van der Waals surface area (Å²) in [6.07, 6.45) is 0.545. The molecule has 24 heavy (non-hydrogen) atoms. The molecule has 2 N–H and O–H groups in total. The Morgan fingerprint density at radius 1 is 1.12 bits per heavy atom. The number of sulfone groups is 1. The maximum Gasteiger partial charge on any atom is 0.276 e. The van der Waals surface area contributed by atoms with Crippen LogP contribution in [-0.4, -0.2) is 45.5 Å². The minimum Gasteiger partial charge on any atom is -0.497 e. The molecule has 1 unspecified atom stereocenters. The van der Waals surface area contributed by atoms with Gasteiger partial charge in [-0.2, -0.15) is 0 Å². The number of amides is 2. The summed E-state index contributed by atoms with van der Waals surface area (Å²) < 4.78 is 32.9. The molecule has 1 aliphatic rings. The lowest BCUT2D eigenvalue weighted by molar-refractivity contribution is -0.130. The van der Waals surface area contributed by atoms with Gasteiger partial charge in [0.25, 0.3) is 5.91 Å². The number of rotatable bonds is 6. The van der Waals surface area contributed by atoms with E-state index in [1.54, 1.807) is 31.4 Å². The maximum atomic E-state index is 11.7. The third-order valence-corrected chi connectivity index (χ3v) is 5.41. The molecule has 0 saturated carbocycles. The van der Waals surface area contributed by atoms with Gasteiger partial charge < -0.3 is 9.47 Å². The Morgan fingerprint density at radius 2 is 1.75 bits per heavy atom. The Morgan fingerprint density at radius 3 is 2.33 bits per heavy atom. The number of hydrogen-bond donors (Lipinski definition) is 2. The first-order valence-corrected chi connectivity index (χ1v) is 9.25. The summed E-state index contributed by atoms with van der Waals surface area (Å²) in [5.74, 6) is 0.180. The predicted octanol–water partition coefficient (Wildman–Crippen LogP) is 0.0462. The van der Waals surface area contributed by atoms with Gasteiger partial charge >= 0.3 is 0 Å². The zero-order valence-corrected chi connectivity index (χ0v) is 14.1. The van der Waals surface area contributed by atoms with Crippen LogP contribution >= 0.6 is 0 Å². The first-order valence-electron chi connectivity index (χ1n) is 7.43. The van der Waals surface area contributed by atoms with Gasteiger partial charge in [0.05, 0.1) is 18.6 Å². The van der Waals surface area contributed by atoms with E-state index in [0.29, 0.717) is 17.9 Å². The van der Waals surface area contributed by atoms with Crippen LogP contribution in [-0.2, 0) is 19.4 Å². The van der Waals surface area contributed by atoms with E-state index < -0.39 is 21.7 Å². The number of carbonyl (C=O) groups is 2. The molecular formula is C15H20N2O6S. The summed E-state index contributed by atoms with van der Waals surface area (Å²) in [4.78, 5) is 23.3. The van der Waals surface area contributed by atoms with E-state index in [9.17, 15) is 18.0 Å². The molecule has 8 nitrogen and oxygen atoms in total. The van der Waals surface area contributed by atoms with Crippen LogP contribution in [0.3, 0.4) is 0 Å². The number of nitrogens with one attached hydrogen (secondary N) is 2. The molecule has 1 saturated heterocycles. The van der Waals surface area contributed by atoms with E-state index in [2.05, 4.69) is 10.9 Å². The highest BCUT2D eigenvalue weighted by Crippen LogP contribution is 2.21. The second-order valence-corrected chi connectivity index (χ2v) is 7.76. The average molecular weight is 356 g/mol. The highest BCUT2D eigenvalue weighted by Gasteiger charge is 2.29. The lowest BCUT2D eigenvalue weighted by atomic mass is 10.1. The molecule has 1 aromatic rings.